The highest BCUT2D eigenvalue weighted by Gasteiger charge is 1.95. The molecule has 0 aliphatic rings. The highest BCUT2D eigenvalue weighted by atomic mass is 32.2. The third-order valence-corrected chi connectivity index (χ3v) is 1.98. The summed E-state index contributed by atoms with van der Waals surface area (Å²) in [6.45, 7) is 2.26. The lowest BCUT2D eigenvalue weighted by atomic mass is 10.7. The van der Waals surface area contributed by atoms with Crippen LogP contribution in [0.25, 0.3) is 0 Å². The van der Waals surface area contributed by atoms with E-state index in [2.05, 4.69) is 0 Å². The van der Waals surface area contributed by atoms with Crippen LogP contribution in [0, 0.1) is 0 Å². The number of carboxylic acid groups (broad SMARTS) is 1. The summed E-state index contributed by atoms with van der Waals surface area (Å²) in [4.78, 5) is 10.0. The van der Waals surface area contributed by atoms with Crippen LogP contribution in [-0.2, 0) is 19.0 Å². The number of hydrogen-bond acceptors (Lipinski definition) is 5. The van der Waals surface area contributed by atoms with Gasteiger partial charge in [-0.25, -0.2) is 4.79 Å². The van der Waals surface area contributed by atoms with Crippen LogP contribution < -0.4 is 0 Å². The molecule has 0 aromatic rings. The number of thioether (sulfide) groups is 1. The fourth-order valence-corrected chi connectivity index (χ4v) is 1.03. The molecule has 0 unspecified atom stereocenters. The molecule has 0 aromatic heterocycles. The molecule has 0 fully saturated rings. The second-order valence-electron chi connectivity index (χ2n) is 2.66. The van der Waals surface area contributed by atoms with Gasteiger partial charge in [0.1, 0.15) is 6.61 Å². The first-order valence-corrected chi connectivity index (χ1v) is 6.10. The Hall–Kier alpha value is -0.300. The average Bonchev–Trinajstić information content (AvgIpc) is 2.20. The van der Waals surface area contributed by atoms with Crippen LogP contribution in [0.3, 0.4) is 0 Å². The number of carbonyl (C=O) groups is 1. The predicted octanol–water partition coefficient (Wildman–Crippen LogP) is 0.484. The lowest BCUT2D eigenvalue weighted by Gasteiger charge is -2.05. The van der Waals surface area contributed by atoms with E-state index >= 15 is 0 Å². The molecule has 0 aliphatic carbocycles. The minimum atomic E-state index is -0.963. The van der Waals surface area contributed by atoms with Crippen molar-refractivity contribution in [2.45, 2.75) is 0 Å². The van der Waals surface area contributed by atoms with Gasteiger partial charge in [-0.3, -0.25) is 0 Å². The zero-order chi connectivity index (χ0) is 11.4. The topological polar surface area (TPSA) is 65.0 Å². The molecular formula is C9H18O5S. The number of rotatable bonds is 11. The van der Waals surface area contributed by atoms with Gasteiger partial charge in [-0.2, -0.15) is 11.8 Å². The summed E-state index contributed by atoms with van der Waals surface area (Å²) in [5, 5.41) is 8.25. The molecule has 90 valence electrons. The van der Waals surface area contributed by atoms with Crippen LogP contribution in [0.5, 0.6) is 0 Å². The number of aliphatic carboxylic acids is 1. The van der Waals surface area contributed by atoms with E-state index < -0.39 is 5.97 Å². The summed E-state index contributed by atoms with van der Waals surface area (Å²) in [6, 6.07) is 0. The first kappa shape index (κ1) is 14.7. The Labute approximate surface area is 94.1 Å². The van der Waals surface area contributed by atoms with E-state index in [-0.39, 0.29) is 6.61 Å². The maximum atomic E-state index is 10.0. The van der Waals surface area contributed by atoms with Gasteiger partial charge in [0.25, 0.3) is 0 Å². The Bertz CT molecular complexity index is 153. The standard InChI is InChI=1S/C9H18O5S/c1-15-7-6-13-3-2-12-4-5-14-8-9(10)11/h2-8H2,1H3,(H,10,11). The Morgan fingerprint density at radius 2 is 1.60 bits per heavy atom. The van der Waals surface area contributed by atoms with Gasteiger partial charge in [0.2, 0.25) is 0 Å². The van der Waals surface area contributed by atoms with E-state index in [1.165, 1.54) is 0 Å². The Morgan fingerprint density at radius 3 is 2.13 bits per heavy atom. The molecule has 5 nitrogen and oxygen atoms in total. The normalized spacial score (nSPS) is 10.5. The third kappa shape index (κ3) is 13.7. The maximum absolute atomic E-state index is 10.0. The number of carboxylic acids is 1. The van der Waals surface area contributed by atoms with E-state index in [0.29, 0.717) is 26.4 Å². The molecule has 15 heavy (non-hydrogen) atoms. The number of ether oxygens (including phenoxy) is 3. The predicted molar refractivity (Wildman–Crippen MR) is 58.5 cm³/mol. The number of hydrogen-bond donors (Lipinski definition) is 1. The zero-order valence-electron chi connectivity index (χ0n) is 8.94. The monoisotopic (exact) mass is 238 g/mol. The smallest absolute Gasteiger partial charge is 0.329 e. The lowest BCUT2D eigenvalue weighted by molar-refractivity contribution is -0.142. The van der Waals surface area contributed by atoms with Crippen LogP contribution >= 0.6 is 11.8 Å². The van der Waals surface area contributed by atoms with E-state index in [0.717, 1.165) is 12.4 Å². The summed E-state index contributed by atoms with van der Waals surface area (Å²) >= 11 is 1.74. The van der Waals surface area contributed by atoms with E-state index in [1.807, 2.05) is 6.26 Å². The van der Waals surface area contributed by atoms with Gasteiger partial charge in [0.05, 0.1) is 33.0 Å². The Balaban J connectivity index is 2.89. The molecule has 0 heterocycles. The van der Waals surface area contributed by atoms with Gasteiger partial charge in [0.15, 0.2) is 0 Å². The molecule has 0 radical (unpaired) electrons. The van der Waals surface area contributed by atoms with Crippen molar-refractivity contribution in [2.75, 3.05) is 51.6 Å². The molecule has 0 atom stereocenters. The van der Waals surface area contributed by atoms with Gasteiger partial charge < -0.3 is 19.3 Å². The van der Waals surface area contributed by atoms with E-state index in [1.54, 1.807) is 11.8 Å². The first-order chi connectivity index (χ1) is 7.27. The second-order valence-corrected chi connectivity index (χ2v) is 3.65. The van der Waals surface area contributed by atoms with Crippen LogP contribution in [0.2, 0.25) is 0 Å². The maximum Gasteiger partial charge on any atom is 0.329 e. The van der Waals surface area contributed by atoms with Crippen molar-refractivity contribution in [1.29, 1.82) is 0 Å². The third-order valence-electron chi connectivity index (χ3n) is 1.40. The first-order valence-electron chi connectivity index (χ1n) is 4.71. The average molecular weight is 238 g/mol. The Kier molecular flexibility index (Phi) is 11.5. The van der Waals surface area contributed by atoms with Crippen molar-refractivity contribution >= 4 is 17.7 Å². The van der Waals surface area contributed by atoms with Crippen molar-refractivity contribution in [2.24, 2.45) is 0 Å². The minimum Gasteiger partial charge on any atom is -0.480 e. The molecule has 0 amide bonds. The van der Waals surface area contributed by atoms with Crippen molar-refractivity contribution in [3.05, 3.63) is 0 Å². The summed E-state index contributed by atoms with van der Waals surface area (Å²) in [5.41, 5.74) is 0. The van der Waals surface area contributed by atoms with Crippen molar-refractivity contribution < 1.29 is 24.1 Å². The van der Waals surface area contributed by atoms with Crippen molar-refractivity contribution in [3.63, 3.8) is 0 Å². The second kappa shape index (κ2) is 11.8. The molecule has 1 N–H and O–H groups in total. The van der Waals surface area contributed by atoms with Crippen LogP contribution in [0.1, 0.15) is 0 Å². The summed E-state index contributed by atoms with van der Waals surface area (Å²) in [5.74, 6) is 0.0252. The quantitative estimate of drug-likeness (QED) is 0.528. The fourth-order valence-electron chi connectivity index (χ4n) is 0.742. The SMILES string of the molecule is CSCCOCCOCCOCC(=O)O. The van der Waals surface area contributed by atoms with Crippen LogP contribution in [-0.4, -0.2) is 62.7 Å². The largest absolute Gasteiger partial charge is 0.480 e. The van der Waals surface area contributed by atoms with Crippen molar-refractivity contribution in [1.82, 2.24) is 0 Å². The summed E-state index contributed by atoms with van der Waals surface area (Å²) < 4.78 is 15.2. The van der Waals surface area contributed by atoms with Crippen molar-refractivity contribution in [3.8, 4) is 0 Å². The summed E-state index contributed by atoms with van der Waals surface area (Å²) in [7, 11) is 0. The molecule has 0 rings (SSSR count). The molecule has 0 spiro atoms. The Morgan fingerprint density at radius 1 is 1.07 bits per heavy atom. The van der Waals surface area contributed by atoms with Gasteiger partial charge >= 0.3 is 5.97 Å². The molecule has 0 saturated carbocycles. The van der Waals surface area contributed by atoms with E-state index in [9.17, 15) is 4.79 Å². The molecule has 0 aliphatic heterocycles. The van der Waals surface area contributed by atoms with Crippen LogP contribution in [0.15, 0.2) is 0 Å². The molecule has 6 heteroatoms. The fraction of sp³-hybridized carbons (Fsp3) is 0.889. The van der Waals surface area contributed by atoms with Gasteiger partial charge in [0, 0.05) is 5.75 Å². The van der Waals surface area contributed by atoms with Gasteiger partial charge in [-0.15, -0.1) is 0 Å². The van der Waals surface area contributed by atoms with Gasteiger partial charge in [-0.05, 0) is 6.26 Å². The zero-order valence-corrected chi connectivity index (χ0v) is 9.75. The molecule has 0 saturated heterocycles. The summed E-state index contributed by atoms with van der Waals surface area (Å²) in [6.07, 6.45) is 2.03. The minimum absolute atomic E-state index is 0.270. The highest BCUT2D eigenvalue weighted by molar-refractivity contribution is 7.98. The van der Waals surface area contributed by atoms with E-state index in [4.69, 9.17) is 19.3 Å². The molecular weight excluding hydrogens is 220 g/mol. The molecule has 0 aromatic carbocycles. The van der Waals surface area contributed by atoms with Crippen LogP contribution in [0.4, 0.5) is 0 Å². The van der Waals surface area contributed by atoms with Gasteiger partial charge in [-0.1, -0.05) is 0 Å². The molecule has 0 bridgehead atoms. The lowest BCUT2D eigenvalue weighted by Crippen LogP contribution is -2.13. The highest BCUT2D eigenvalue weighted by Crippen LogP contribution is 1.90.